The highest BCUT2D eigenvalue weighted by Gasteiger charge is 2.65. The van der Waals surface area contributed by atoms with Gasteiger partial charge in [-0.1, -0.05) is 44.9 Å². The van der Waals surface area contributed by atoms with E-state index in [9.17, 15) is 14.7 Å². The number of carbonyl (C=O) groups excluding carboxylic acids is 2. The van der Waals surface area contributed by atoms with Crippen LogP contribution >= 0.6 is 0 Å². The molecule has 2 aliphatic carbocycles. The number of rotatable bonds is 6. The van der Waals surface area contributed by atoms with Gasteiger partial charge in [-0.3, -0.25) is 14.5 Å². The summed E-state index contributed by atoms with van der Waals surface area (Å²) in [6.07, 6.45) is 5.05. The van der Waals surface area contributed by atoms with E-state index in [1.54, 1.807) is 7.11 Å². The highest BCUT2D eigenvalue weighted by molar-refractivity contribution is 5.93. The number of para-hydroxylation sites is 1. The number of piperidine rings is 3. The topological polar surface area (TPSA) is 120 Å². The molecule has 6 aliphatic rings. The number of ether oxygens (including phenoxy) is 3. The van der Waals surface area contributed by atoms with E-state index in [4.69, 9.17) is 14.2 Å². The summed E-state index contributed by atoms with van der Waals surface area (Å²) in [5.41, 5.74) is 6.74. The molecule has 11 atom stereocenters. The minimum atomic E-state index is -0.897. The third-order valence-corrected chi connectivity index (χ3v) is 14.7. The van der Waals surface area contributed by atoms with E-state index in [0.717, 1.165) is 77.6 Å². The molecule has 6 bridgehead atoms. The van der Waals surface area contributed by atoms with E-state index in [1.165, 1.54) is 30.9 Å². The number of hydrogen-bond donors (Lipinski definition) is 3. The summed E-state index contributed by atoms with van der Waals surface area (Å²) in [7, 11) is 6.94. The maximum Gasteiger partial charge on any atom is 0.319 e. The minimum Gasteiger partial charge on any atom is -0.496 e. The molecule has 4 aromatic rings. The van der Waals surface area contributed by atoms with Gasteiger partial charge >= 0.3 is 11.9 Å². The number of likely N-dealkylation sites (tertiary alicyclic amines) is 1. The van der Waals surface area contributed by atoms with Crippen molar-refractivity contribution in [2.75, 3.05) is 41.5 Å². The molecule has 6 heterocycles. The van der Waals surface area contributed by atoms with Crippen molar-refractivity contribution in [1.29, 1.82) is 0 Å². The molecule has 0 spiro atoms. The van der Waals surface area contributed by atoms with Crippen molar-refractivity contribution in [3.8, 4) is 5.75 Å². The second kappa shape index (κ2) is 12.9. The standard InChI is InChI=1S/C43H54N4O6/c1-7-22-15-24-20-43(42(50)53-6)38-26(13-14-47(39(22)43)40(24)48)28-17-29(35(51-4)19-33(28)45-38)30-16-27-23(8-2)21-46(3)34(36(27)41(49)52-5)18-31-25-11-9-10-12-32(25)44-37(30)31/h9-12,17,19,22-24,27,30,34,36,39-40,44-45,48H,7-8,13-16,18,20-21H2,1-6H3/t22-,23-,24+,27-,30-,34-,36-,39-,40+,43+/m0/s1. The number of nitrogens with one attached hydrogen (secondary N) is 2. The molecule has 10 heteroatoms. The normalized spacial score (nSPS) is 34.8. The molecule has 4 fully saturated rings. The third kappa shape index (κ3) is 4.87. The van der Waals surface area contributed by atoms with Gasteiger partial charge in [-0.05, 0) is 80.2 Å². The summed E-state index contributed by atoms with van der Waals surface area (Å²) in [6, 6.07) is 12.8. The first-order chi connectivity index (χ1) is 25.7. The Hall–Kier alpha value is -3.86. The Kier molecular flexibility index (Phi) is 8.48. The van der Waals surface area contributed by atoms with Gasteiger partial charge in [0.25, 0.3) is 0 Å². The van der Waals surface area contributed by atoms with Crippen LogP contribution in [0.2, 0.25) is 0 Å². The van der Waals surface area contributed by atoms with E-state index >= 15 is 0 Å². The van der Waals surface area contributed by atoms with Crippen molar-refractivity contribution in [3.05, 3.63) is 64.5 Å². The fourth-order valence-corrected chi connectivity index (χ4v) is 12.4. The van der Waals surface area contributed by atoms with Gasteiger partial charge in [-0.2, -0.15) is 0 Å². The summed E-state index contributed by atoms with van der Waals surface area (Å²) in [5, 5.41) is 13.8. The monoisotopic (exact) mass is 722 g/mol. The molecule has 4 aliphatic heterocycles. The summed E-state index contributed by atoms with van der Waals surface area (Å²) < 4.78 is 17.6. The molecule has 3 N–H and O–H groups in total. The highest BCUT2D eigenvalue weighted by Crippen LogP contribution is 2.58. The molecule has 3 saturated heterocycles. The number of nitrogens with zero attached hydrogens (tertiary/aromatic N) is 2. The number of esters is 2. The number of hydrogen-bond acceptors (Lipinski definition) is 8. The van der Waals surface area contributed by atoms with Gasteiger partial charge in [0.2, 0.25) is 0 Å². The minimum absolute atomic E-state index is 0.00510. The number of aromatic nitrogens is 2. The average molecular weight is 723 g/mol. The first kappa shape index (κ1) is 34.9. The number of fused-ring (bicyclic) bond motifs is 9. The quantitative estimate of drug-likeness (QED) is 0.211. The second-order valence-electron chi connectivity index (χ2n) is 16.7. The van der Waals surface area contributed by atoms with E-state index in [1.807, 2.05) is 0 Å². The van der Waals surface area contributed by atoms with Gasteiger partial charge in [-0.25, -0.2) is 0 Å². The summed E-state index contributed by atoms with van der Waals surface area (Å²) in [6.45, 7) is 6.05. The lowest BCUT2D eigenvalue weighted by atomic mass is 9.56. The van der Waals surface area contributed by atoms with Crippen LogP contribution in [0.1, 0.15) is 79.9 Å². The maximum absolute atomic E-state index is 14.3. The van der Waals surface area contributed by atoms with Crippen LogP contribution in [0.15, 0.2) is 36.4 Å². The van der Waals surface area contributed by atoms with E-state index < -0.39 is 11.6 Å². The van der Waals surface area contributed by atoms with Crippen LogP contribution in [0.25, 0.3) is 21.8 Å². The molecule has 282 valence electrons. The van der Waals surface area contributed by atoms with Crippen LogP contribution in [0.3, 0.4) is 0 Å². The number of likely N-dealkylation sites (N-methyl/N-ethyl adjacent to an activating group) is 1. The van der Waals surface area contributed by atoms with Crippen LogP contribution in [-0.2, 0) is 37.3 Å². The lowest BCUT2D eigenvalue weighted by Gasteiger charge is -2.59. The molecule has 10 rings (SSSR count). The second-order valence-corrected chi connectivity index (χ2v) is 16.7. The Labute approximate surface area is 311 Å². The van der Waals surface area contributed by atoms with Crippen LogP contribution in [0.5, 0.6) is 5.75 Å². The molecule has 53 heavy (non-hydrogen) atoms. The third-order valence-electron chi connectivity index (χ3n) is 14.7. The molecule has 2 aromatic carbocycles. The van der Waals surface area contributed by atoms with Gasteiger partial charge in [0, 0.05) is 81.8 Å². The SMILES string of the molecule is CC[C@H]1CN(C)[C@H]2Cc3c([nH]c4ccccc34)[C@H](c3cc4c5c([nH]c4cc3OC)[C@]3(C(=O)OC)C[C@H]4C[C@H](CC)[C@@H]3N(CC5)[C@@H]4O)C[C@@H]1[C@@H]2C(=O)OC. The lowest BCUT2D eigenvalue weighted by Crippen LogP contribution is -2.70. The number of H-pyrrole nitrogens is 2. The first-order valence-corrected chi connectivity index (χ1v) is 19.8. The smallest absolute Gasteiger partial charge is 0.319 e. The summed E-state index contributed by atoms with van der Waals surface area (Å²) in [5.74, 6) is 0.822. The van der Waals surface area contributed by atoms with Gasteiger partial charge in [0.15, 0.2) is 0 Å². The van der Waals surface area contributed by atoms with Gasteiger partial charge in [-0.15, -0.1) is 0 Å². The number of aliphatic hydroxyl groups is 1. The number of aromatic amines is 2. The predicted molar refractivity (Wildman–Crippen MR) is 203 cm³/mol. The Morgan fingerprint density at radius 2 is 1.75 bits per heavy atom. The van der Waals surface area contributed by atoms with Crippen molar-refractivity contribution in [3.63, 3.8) is 0 Å². The van der Waals surface area contributed by atoms with Crippen molar-refractivity contribution in [1.82, 2.24) is 19.8 Å². The first-order valence-electron chi connectivity index (χ1n) is 19.8. The summed E-state index contributed by atoms with van der Waals surface area (Å²) >= 11 is 0. The molecular formula is C43H54N4O6. The lowest BCUT2D eigenvalue weighted by molar-refractivity contribution is -0.196. The molecular weight excluding hydrogens is 668 g/mol. The van der Waals surface area contributed by atoms with Crippen LogP contribution < -0.4 is 4.74 Å². The Morgan fingerprint density at radius 3 is 2.49 bits per heavy atom. The zero-order valence-corrected chi connectivity index (χ0v) is 31.9. The number of carbonyl (C=O) groups is 2. The fourth-order valence-electron chi connectivity index (χ4n) is 12.4. The predicted octanol–water partition coefficient (Wildman–Crippen LogP) is 5.89. The molecule has 2 aromatic heterocycles. The molecule has 10 nitrogen and oxygen atoms in total. The van der Waals surface area contributed by atoms with Crippen LogP contribution in [0.4, 0.5) is 0 Å². The molecule has 0 amide bonds. The summed E-state index contributed by atoms with van der Waals surface area (Å²) in [4.78, 5) is 40.4. The van der Waals surface area contributed by atoms with Crippen molar-refractivity contribution < 1.29 is 28.9 Å². The molecule has 1 unspecified atom stereocenters. The van der Waals surface area contributed by atoms with E-state index in [0.29, 0.717) is 25.3 Å². The average Bonchev–Trinajstić information content (AvgIpc) is 3.69. The van der Waals surface area contributed by atoms with Crippen molar-refractivity contribution >= 4 is 33.7 Å². The van der Waals surface area contributed by atoms with Crippen LogP contribution in [-0.4, -0.2) is 96.6 Å². The zero-order chi connectivity index (χ0) is 36.9. The molecule has 1 saturated carbocycles. The number of benzene rings is 2. The number of aliphatic hydroxyl groups excluding tert-OH is 1. The zero-order valence-electron chi connectivity index (χ0n) is 31.9. The van der Waals surface area contributed by atoms with Gasteiger partial charge in [0.05, 0.1) is 27.2 Å². The van der Waals surface area contributed by atoms with Crippen molar-refractivity contribution in [2.45, 2.75) is 88.4 Å². The fraction of sp³-hybridized carbons (Fsp3) is 0.581. The van der Waals surface area contributed by atoms with Gasteiger partial charge in [0.1, 0.15) is 17.4 Å². The number of methoxy groups -OCH3 is 3. The van der Waals surface area contributed by atoms with Gasteiger partial charge < -0.3 is 34.2 Å². The highest BCUT2D eigenvalue weighted by atomic mass is 16.5. The van der Waals surface area contributed by atoms with Crippen molar-refractivity contribution in [2.24, 2.45) is 29.6 Å². The van der Waals surface area contributed by atoms with E-state index in [2.05, 4.69) is 77.1 Å². The molecule has 0 radical (unpaired) electrons. The van der Waals surface area contributed by atoms with E-state index in [-0.39, 0.29) is 53.6 Å². The Balaban J connectivity index is 1.27. The van der Waals surface area contributed by atoms with Crippen LogP contribution in [0, 0.1) is 29.6 Å². The Morgan fingerprint density at radius 1 is 0.962 bits per heavy atom. The largest absolute Gasteiger partial charge is 0.496 e. The Bertz CT molecular complexity index is 2090. The maximum atomic E-state index is 14.3.